The molecule has 2 N–H and O–H groups in total. The van der Waals surface area contributed by atoms with Crippen molar-refractivity contribution in [3.8, 4) is 0 Å². The van der Waals surface area contributed by atoms with E-state index in [4.69, 9.17) is 0 Å². The van der Waals surface area contributed by atoms with Gasteiger partial charge in [0.1, 0.15) is 0 Å². The molecule has 2 fully saturated rings. The average molecular weight is 238 g/mol. The van der Waals surface area contributed by atoms with Crippen molar-refractivity contribution in [3.63, 3.8) is 0 Å². The van der Waals surface area contributed by atoms with E-state index in [1.165, 1.54) is 32.1 Å². The van der Waals surface area contributed by atoms with Gasteiger partial charge < -0.3 is 10.6 Å². The Kier molecular flexibility index (Phi) is 4.43. The Balaban J connectivity index is 1.77. The van der Waals surface area contributed by atoms with Crippen LogP contribution in [0.1, 0.15) is 52.4 Å². The van der Waals surface area contributed by atoms with Gasteiger partial charge in [0, 0.05) is 25.0 Å². The smallest absolute Gasteiger partial charge is 0.221 e. The molecule has 1 amide bonds. The summed E-state index contributed by atoms with van der Waals surface area (Å²) < 4.78 is 0. The molecule has 3 unspecified atom stereocenters. The summed E-state index contributed by atoms with van der Waals surface area (Å²) in [6.07, 6.45) is 7.32. The summed E-state index contributed by atoms with van der Waals surface area (Å²) in [5.74, 6) is 1.93. The molecule has 2 rings (SSSR count). The Labute approximate surface area is 105 Å². The molecular weight excluding hydrogens is 212 g/mol. The lowest BCUT2D eigenvalue weighted by atomic mass is 9.89. The minimum absolute atomic E-state index is 0.205. The van der Waals surface area contributed by atoms with Crippen molar-refractivity contribution in [1.29, 1.82) is 0 Å². The number of carbonyl (C=O) groups is 1. The van der Waals surface area contributed by atoms with Crippen molar-refractivity contribution >= 4 is 5.91 Å². The van der Waals surface area contributed by atoms with Gasteiger partial charge in [-0.1, -0.05) is 26.7 Å². The summed E-state index contributed by atoms with van der Waals surface area (Å²) in [7, 11) is 0. The van der Waals surface area contributed by atoms with Crippen LogP contribution in [0.4, 0.5) is 0 Å². The fourth-order valence-electron chi connectivity index (χ4n) is 3.22. The van der Waals surface area contributed by atoms with Crippen LogP contribution >= 0.6 is 0 Å². The Hall–Kier alpha value is -0.570. The molecule has 1 aliphatic carbocycles. The molecule has 3 heteroatoms. The molecule has 3 nitrogen and oxygen atoms in total. The van der Waals surface area contributed by atoms with Crippen LogP contribution in [0.15, 0.2) is 0 Å². The van der Waals surface area contributed by atoms with E-state index in [2.05, 4.69) is 24.5 Å². The minimum atomic E-state index is 0.205. The van der Waals surface area contributed by atoms with Gasteiger partial charge in [0.15, 0.2) is 0 Å². The molecule has 1 saturated heterocycles. The van der Waals surface area contributed by atoms with Crippen molar-refractivity contribution in [2.75, 3.05) is 6.54 Å². The van der Waals surface area contributed by atoms with Gasteiger partial charge in [0.25, 0.3) is 0 Å². The lowest BCUT2D eigenvalue weighted by Crippen LogP contribution is -2.39. The third-order valence-electron chi connectivity index (χ3n) is 4.41. The fourth-order valence-corrected chi connectivity index (χ4v) is 3.22. The van der Waals surface area contributed by atoms with E-state index < -0.39 is 0 Å². The maximum atomic E-state index is 11.2. The molecule has 0 radical (unpaired) electrons. The van der Waals surface area contributed by atoms with Crippen molar-refractivity contribution in [2.24, 2.45) is 11.8 Å². The predicted molar refractivity (Wildman–Crippen MR) is 69.8 cm³/mol. The zero-order chi connectivity index (χ0) is 12.3. The zero-order valence-corrected chi connectivity index (χ0v) is 11.2. The molecule has 0 aromatic carbocycles. The van der Waals surface area contributed by atoms with Gasteiger partial charge in [-0.05, 0) is 31.1 Å². The number of rotatable bonds is 3. The van der Waals surface area contributed by atoms with Crippen LogP contribution in [0, 0.1) is 11.8 Å². The number of hydrogen-bond donors (Lipinski definition) is 2. The molecule has 0 aromatic rings. The first-order valence-corrected chi connectivity index (χ1v) is 7.18. The maximum Gasteiger partial charge on any atom is 0.221 e. The maximum absolute atomic E-state index is 11.2. The van der Waals surface area contributed by atoms with E-state index in [0.717, 1.165) is 18.4 Å². The first kappa shape index (κ1) is 12.9. The monoisotopic (exact) mass is 238 g/mol. The quantitative estimate of drug-likeness (QED) is 0.739. The predicted octanol–water partition coefficient (Wildman–Crippen LogP) is 2.07. The third-order valence-corrected chi connectivity index (χ3v) is 4.41. The lowest BCUT2D eigenvalue weighted by molar-refractivity contribution is -0.119. The standard InChI is InChI=1S/C14H26N2O/c1-10(2)11-4-3-5-12(7-6-11)16-13-8-14(17)15-9-13/h10-13,16H,3-9H2,1-2H3,(H,15,17). The summed E-state index contributed by atoms with van der Waals surface area (Å²) >= 11 is 0. The minimum Gasteiger partial charge on any atom is -0.354 e. The summed E-state index contributed by atoms with van der Waals surface area (Å²) in [6.45, 7) is 5.51. The first-order chi connectivity index (χ1) is 8.15. The van der Waals surface area contributed by atoms with Gasteiger partial charge in [-0.15, -0.1) is 0 Å². The van der Waals surface area contributed by atoms with E-state index in [1.54, 1.807) is 0 Å². The van der Waals surface area contributed by atoms with Crippen LogP contribution in [-0.4, -0.2) is 24.5 Å². The topological polar surface area (TPSA) is 41.1 Å². The summed E-state index contributed by atoms with van der Waals surface area (Å²) in [5.41, 5.74) is 0. The molecule has 0 bridgehead atoms. The van der Waals surface area contributed by atoms with Gasteiger partial charge in [-0.25, -0.2) is 0 Å². The molecule has 2 aliphatic rings. The van der Waals surface area contributed by atoms with Crippen LogP contribution in [0.5, 0.6) is 0 Å². The second-order valence-corrected chi connectivity index (χ2v) is 6.08. The molecule has 1 heterocycles. The molecule has 98 valence electrons. The van der Waals surface area contributed by atoms with Crippen LogP contribution in [-0.2, 0) is 4.79 Å². The number of hydrogen-bond acceptors (Lipinski definition) is 2. The van der Waals surface area contributed by atoms with Gasteiger partial charge >= 0.3 is 0 Å². The van der Waals surface area contributed by atoms with E-state index in [1.807, 2.05) is 0 Å². The molecule has 1 saturated carbocycles. The molecule has 0 aromatic heterocycles. The Bertz CT molecular complexity index is 265. The normalized spacial score (nSPS) is 34.8. The number of amides is 1. The second-order valence-electron chi connectivity index (χ2n) is 6.08. The highest BCUT2D eigenvalue weighted by molar-refractivity contribution is 5.78. The molecule has 1 aliphatic heterocycles. The SMILES string of the molecule is CC(C)C1CCCC(NC2CNC(=O)C2)CC1. The first-order valence-electron chi connectivity index (χ1n) is 7.18. The molecule has 17 heavy (non-hydrogen) atoms. The van der Waals surface area contributed by atoms with E-state index in [0.29, 0.717) is 18.5 Å². The summed E-state index contributed by atoms with van der Waals surface area (Å²) in [4.78, 5) is 11.2. The van der Waals surface area contributed by atoms with Crippen LogP contribution in [0.3, 0.4) is 0 Å². The van der Waals surface area contributed by atoms with Crippen molar-refractivity contribution in [3.05, 3.63) is 0 Å². The zero-order valence-electron chi connectivity index (χ0n) is 11.2. The fraction of sp³-hybridized carbons (Fsp3) is 0.929. The van der Waals surface area contributed by atoms with Crippen molar-refractivity contribution in [2.45, 2.75) is 64.5 Å². The summed E-state index contributed by atoms with van der Waals surface area (Å²) in [6, 6.07) is 1.01. The number of nitrogens with one attached hydrogen (secondary N) is 2. The highest BCUT2D eigenvalue weighted by Crippen LogP contribution is 2.29. The van der Waals surface area contributed by atoms with Gasteiger partial charge in [-0.3, -0.25) is 4.79 Å². The van der Waals surface area contributed by atoms with E-state index in [-0.39, 0.29) is 5.91 Å². The summed E-state index contributed by atoms with van der Waals surface area (Å²) in [5, 5.41) is 6.56. The van der Waals surface area contributed by atoms with Crippen LogP contribution in [0.2, 0.25) is 0 Å². The Morgan fingerprint density at radius 1 is 1.18 bits per heavy atom. The highest BCUT2D eigenvalue weighted by atomic mass is 16.1. The molecular formula is C14H26N2O. The van der Waals surface area contributed by atoms with Crippen LogP contribution in [0.25, 0.3) is 0 Å². The largest absolute Gasteiger partial charge is 0.354 e. The van der Waals surface area contributed by atoms with Crippen molar-refractivity contribution < 1.29 is 4.79 Å². The Morgan fingerprint density at radius 3 is 2.65 bits per heavy atom. The van der Waals surface area contributed by atoms with Crippen LogP contribution < -0.4 is 10.6 Å². The van der Waals surface area contributed by atoms with Gasteiger partial charge in [0.05, 0.1) is 0 Å². The second kappa shape index (κ2) is 5.85. The van der Waals surface area contributed by atoms with Gasteiger partial charge in [-0.2, -0.15) is 0 Å². The third kappa shape index (κ3) is 3.70. The Morgan fingerprint density at radius 2 is 2.00 bits per heavy atom. The number of carbonyl (C=O) groups excluding carboxylic acids is 1. The van der Waals surface area contributed by atoms with Crippen molar-refractivity contribution in [1.82, 2.24) is 10.6 Å². The lowest BCUT2D eigenvalue weighted by Gasteiger charge is -2.21. The highest BCUT2D eigenvalue weighted by Gasteiger charge is 2.26. The van der Waals surface area contributed by atoms with Gasteiger partial charge in [0.2, 0.25) is 5.91 Å². The molecule has 0 spiro atoms. The van der Waals surface area contributed by atoms with E-state index >= 15 is 0 Å². The average Bonchev–Trinajstić information content (AvgIpc) is 2.54. The van der Waals surface area contributed by atoms with E-state index in [9.17, 15) is 4.79 Å². The molecule has 3 atom stereocenters.